The Balaban J connectivity index is 2.53. The molecule has 0 saturated carbocycles. The average Bonchev–Trinajstić information content (AvgIpc) is 2.54. The van der Waals surface area contributed by atoms with Crippen LogP contribution in [0, 0.1) is 6.92 Å². The minimum Gasteiger partial charge on any atom is -0.299 e. The predicted octanol–water partition coefficient (Wildman–Crippen LogP) is 3.56. The number of pyridine rings is 1. The number of aromatic nitrogens is 2. The molecule has 2 nitrogen and oxygen atoms in total. The molecule has 0 saturated heterocycles. The van der Waals surface area contributed by atoms with Gasteiger partial charge in [-0.25, -0.2) is 4.98 Å². The van der Waals surface area contributed by atoms with Crippen LogP contribution >= 0.6 is 15.9 Å². The summed E-state index contributed by atoms with van der Waals surface area (Å²) in [4.78, 5) is 4.56. The lowest BCUT2D eigenvalue weighted by atomic mass is 10.2. The molecule has 1 aromatic carbocycles. The molecular formula is C12H9BrN2. The van der Waals surface area contributed by atoms with Crippen LogP contribution in [-0.2, 0) is 0 Å². The van der Waals surface area contributed by atoms with Crippen molar-refractivity contribution in [2.75, 3.05) is 0 Å². The van der Waals surface area contributed by atoms with Crippen molar-refractivity contribution in [3.05, 3.63) is 46.6 Å². The van der Waals surface area contributed by atoms with Crippen molar-refractivity contribution in [1.29, 1.82) is 0 Å². The number of fused-ring (bicyclic) bond motifs is 3. The van der Waals surface area contributed by atoms with Crippen LogP contribution in [0.25, 0.3) is 16.7 Å². The molecule has 74 valence electrons. The van der Waals surface area contributed by atoms with E-state index in [4.69, 9.17) is 0 Å². The fourth-order valence-corrected chi connectivity index (χ4v) is 2.14. The summed E-state index contributed by atoms with van der Waals surface area (Å²) in [6.45, 7) is 2.08. The fraction of sp³-hybridized carbons (Fsp3) is 0.0833. The Hall–Kier alpha value is -1.35. The van der Waals surface area contributed by atoms with Gasteiger partial charge in [-0.15, -0.1) is 0 Å². The van der Waals surface area contributed by atoms with Gasteiger partial charge in [0, 0.05) is 10.7 Å². The molecule has 0 bridgehead atoms. The minimum absolute atomic E-state index is 0.985. The zero-order valence-corrected chi connectivity index (χ0v) is 9.82. The Morgan fingerprint density at radius 3 is 2.93 bits per heavy atom. The van der Waals surface area contributed by atoms with Gasteiger partial charge in [0.1, 0.15) is 5.65 Å². The lowest BCUT2D eigenvalue weighted by Crippen LogP contribution is -1.83. The van der Waals surface area contributed by atoms with Crippen molar-refractivity contribution in [3.8, 4) is 0 Å². The minimum atomic E-state index is 0.985. The van der Waals surface area contributed by atoms with E-state index in [9.17, 15) is 0 Å². The Kier molecular flexibility index (Phi) is 1.83. The number of halogens is 1. The van der Waals surface area contributed by atoms with E-state index in [1.807, 2.05) is 18.3 Å². The second-order valence-electron chi connectivity index (χ2n) is 3.68. The molecule has 0 N–H and O–H groups in total. The van der Waals surface area contributed by atoms with Gasteiger partial charge in [-0.1, -0.05) is 6.07 Å². The first-order chi connectivity index (χ1) is 7.24. The van der Waals surface area contributed by atoms with Crippen LogP contribution in [0.1, 0.15) is 5.56 Å². The van der Waals surface area contributed by atoms with Crippen molar-refractivity contribution in [1.82, 2.24) is 9.38 Å². The first-order valence-corrected chi connectivity index (χ1v) is 5.57. The van der Waals surface area contributed by atoms with Crippen LogP contribution in [0.4, 0.5) is 0 Å². The van der Waals surface area contributed by atoms with Gasteiger partial charge >= 0.3 is 0 Å². The van der Waals surface area contributed by atoms with E-state index in [0.717, 1.165) is 21.2 Å². The standard InChI is InChI=1S/C12H9BrN2/c1-8-2-4-11-10(6-8)14-12-5-3-9(13)7-15(11)12/h2-7H,1H3. The van der Waals surface area contributed by atoms with Crippen LogP contribution in [0.5, 0.6) is 0 Å². The van der Waals surface area contributed by atoms with Gasteiger partial charge in [0.05, 0.1) is 11.0 Å². The molecule has 0 atom stereocenters. The average molecular weight is 261 g/mol. The molecule has 2 aromatic heterocycles. The molecule has 0 spiro atoms. The van der Waals surface area contributed by atoms with Crippen LogP contribution in [0.3, 0.4) is 0 Å². The van der Waals surface area contributed by atoms with E-state index in [1.54, 1.807) is 0 Å². The molecule has 0 fully saturated rings. The fourth-order valence-electron chi connectivity index (χ4n) is 1.80. The second-order valence-corrected chi connectivity index (χ2v) is 4.60. The van der Waals surface area contributed by atoms with E-state index < -0.39 is 0 Å². The molecule has 0 aliphatic carbocycles. The maximum absolute atomic E-state index is 4.56. The number of hydrogen-bond donors (Lipinski definition) is 0. The van der Waals surface area contributed by atoms with Crippen molar-refractivity contribution in [2.45, 2.75) is 6.92 Å². The summed E-state index contributed by atoms with van der Waals surface area (Å²) < 4.78 is 3.16. The quantitative estimate of drug-likeness (QED) is 0.604. The molecular weight excluding hydrogens is 252 g/mol. The third-order valence-electron chi connectivity index (χ3n) is 2.52. The summed E-state index contributed by atoms with van der Waals surface area (Å²) in [7, 11) is 0. The Morgan fingerprint density at radius 1 is 1.20 bits per heavy atom. The number of benzene rings is 1. The van der Waals surface area contributed by atoms with Gasteiger partial charge < -0.3 is 0 Å². The summed E-state index contributed by atoms with van der Waals surface area (Å²) in [5.74, 6) is 0. The van der Waals surface area contributed by atoms with Crippen molar-refractivity contribution >= 4 is 32.6 Å². The highest BCUT2D eigenvalue weighted by Gasteiger charge is 2.03. The van der Waals surface area contributed by atoms with E-state index in [0.29, 0.717) is 0 Å². The van der Waals surface area contributed by atoms with Crippen molar-refractivity contribution < 1.29 is 0 Å². The van der Waals surface area contributed by atoms with Gasteiger partial charge in [0.25, 0.3) is 0 Å². The van der Waals surface area contributed by atoms with Crippen LogP contribution in [-0.4, -0.2) is 9.38 Å². The Bertz CT molecular complexity index is 655. The summed E-state index contributed by atoms with van der Waals surface area (Å²) in [5.41, 5.74) is 4.42. The largest absolute Gasteiger partial charge is 0.299 e. The Labute approximate surface area is 95.7 Å². The molecule has 15 heavy (non-hydrogen) atoms. The van der Waals surface area contributed by atoms with E-state index in [1.165, 1.54) is 5.56 Å². The van der Waals surface area contributed by atoms with Crippen molar-refractivity contribution in [2.24, 2.45) is 0 Å². The second kappa shape index (κ2) is 3.07. The maximum Gasteiger partial charge on any atom is 0.137 e. The monoisotopic (exact) mass is 260 g/mol. The maximum atomic E-state index is 4.56. The van der Waals surface area contributed by atoms with Crippen LogP contribution in [0.15, 0.2) is 41.0 Å². The number of aryl methyl sites for hydroxylation is 1. The summed E-state index contributed by atoms with van der Waals surface area (Å²) in [6.07, 6.45) is 2.04. The highest BCUT2D eigenvalue weighted by atomic mass is 79.9. The molecule has 2 heterocycles. The topological polar surface area (TPSA) is 17.3 Å². The van der Waals surface area contributed by atoms with Crippen LogP contribution < -0.4 is 0 Å². The molecule has 0 aliphatic heterocycles. The first-order valence-electron chi connectivity index (χ1n) is 4.78. The number of hydrogen-bond acceptors (Lipinski definition) is 1. The summed E-state index contributed by atoms with van der Waals surface area (Å²) >= 11 is 3.47. The Morgan fingerprint density at radius 2 is 2.07 bits per heavy atom. The summed E-state index contributed by atoms with van der Waals surface area (Å²) in [5, 5.41) is 0. The van der Waals surface area contributed by atoms with Crippen LogP contribution in [0.2, 0.25) is 0 Å². The van der Waals surface area contributed by atoms with E-state index in [2.05, 4.69) is 50.4 Å². The molecule has 3 heteroatoms. The molecule has 0 amide bonds. The molecule has 0 aliphatic rings. The molecule has 0 radical (unpaired) electrons. The predicted molar refractivity (Wildman–Crippen MR) is 65.1 cm³/mol. The SMILES string of the molecule is Cc1ccc2c(c1)nc1ccc(Br)cn12. The smallest absolute Gasteiger partial charge is 0.137 e. The van der Waals surface area contributed by atoms with E-state index >= 15 is 0 Å². The van der Waals surface area contributed by atoms with Gasteiger partial charge in [-0.2, -0.15) is 0 Å². The number of imidazole rings is 1. The molecule has 3 rings (SSSR count). The third kappa shape index (κ3) is 1.35. The third-order valence-corrected chi connectivity index (χ3v) is 2.99. The lowest BCUT2D eigenvalue weighted by Gasteiger charge is -1.96. The zero-order valence-electron chi connectivity index (χ0n) is 8.24. The van der Waals surface area contributed by atoms with Gasteiger partial charge in [0.15, 0.2) is 0 Å². The van der Waals surface area contributed by atoms with Gasteiger partial charge in [0.2, 0.25) is 0 Å². The molecule has 0 unspecified atom stereocenters. The zero-order chi connectivity index (χ0) is 10.4. The normalized spacial score (nSPS) is 11.3. The number of rotatable bonds is 0. The highest BCUT2D eigenvalue weighted by Crippen LogP contribution is 2.20. The highest BCUT2D eigenvalue weighted by molar-refractivity contribution is 9.10. The summed E-state index contributed by atoms with van der Waals surface area (Å²) in [6, 6.07) is 10.3. The first kappa shape index (κ1) is 8.92. The van der Waals surface area contributed by atoms with Gasteiger partial charge in [-0.05, 0) is 52.7 Å². The lowest BCUT2D eigenvalue weighted by molar-refractivity contribution is 1.21. The van der Waals surface area contributed by atoms with Crippen molar-refractivity contribution in [3.63, 3.8) is 0 Å². The van der Waals surface area contributed by atoms with E-state index in [-0.39, 0.29) is 0 Å². The number of nitrogens with zero attached hydrogens (tertiary/aromatic N) is 2. The molecule has 3 aromatic rings. The van der Waals surface area contributed by atoms with Gasteiger partial charge in [-0.3, -0.25) is 4.40 Å².